The number of rotatable bonds is 7. The second kappa shape index (κ2) is 8.46. The first-order valence-corrected chi connectivity index (χ1v) is 9.78. The molecule has 1 atom stereocenters. The number of fused-ring (bicyclic) bond motifs is 1. The van der Waals surface area contributed by atoms with Crippen LogP contribution in [0.1, 0.15) is 20.8 Å². The molecule has 0 bridgehead atoms. The van der Waals surface area contributed by atoms with Gasteiger partial charge >= 0.3 is 5.69 Å². The highest BCUT2D eigenvalue weighted by molar-refractivity contribution is 5.74. The quantitative estimate of drug-likeness (QED) is 0.642. The normalized spacial score (nSPS) is 17.0. The maximum Gasteiger partial charge on any atom is 0.329 e. The fraction of sp³-hybridized carbons (Fsp3) is 0.722. The first-order valence-electron chi connectivity index (χ1n) is 9.78. The van der Waals surface area contributed by atoms with Crippen LogP contribution in [-0.2, 0) is 18.3 Å². The van der Waals surface area contributed by atoms with Crippen LogP contribution < -0.4 is 16.1 Å². The summed E-state index contributed by atoms with van der Waals surface area (Å²) in [5.74, 6) is 0.598. The molecule has 156 valence electrons. The summed E-state index contributed by atoms with van der Waals surface area (Å²) in [5.41, 5.74) is -0.397. The second-order valence-corrected chi connectivity index (χ2v) is 7.47. The van der Waals surface area contributed by atoms with Gasteiger partial charge < -0.3 is 24.2 Å². The molecule has 0 saturated carbocycles. The van der Waals surface area contributed by atoms with Crippen molar-refractivity contribution in [3.63, 3.8) is 0 Å². The Morgan fingerprint density at radius 3 is 2.50 bits per heavy atom. The second-order valence-electron chi connectivity index (χ2n) is 7.47. The Morgan fingerprint density at radius 2 is 1.89 bits per heavy atom. The predicted molar refractivity (Wildman–Crippen MR) is 107 cm³/mol. The number of ether oxygens (including phenoxy) is 1. The summed E-state index contributed by atoms with van der Waals surface area (Å²) in [4.78, 5) is 35.9. The summed E-state index contributed by atoms with van der Waals surface area (Å²) in [6.07, 6.45) is -0.799. The number of nitrogens with zero attached hydrogens (tertiary/aromatic N) is 5. The van der Waals surface area contributed by atoms with E-state index in [0.717, 1.165) is 32.7 Å². The van der Waals surface area contributed by atoms with Gasteiger partial charge in [-0.15, -0.1) is 0 Å². The molecule has 0 aromatic carbocycles. The van der Waals surface area contributed by atoms with E-state index in [0.29, 0.717) is 17.1 Å². The Bertz CT molecular complexity index is 923. The Labute approximate surface area is 163 Å². The zero-order valence-corrected chi connectivity index (χ0v) is 17.0. The summed E-state index contributed by atoms with van der Waals surface area (Å²) in [6.45, 7) is 10.6. The van der Waals surface area contributed by atoms with Crippen LogP contribution in [0.5, 0.6) is 0 Å². The molecule has 0 amide bonds. The number of nitrogens with one attached hydrogen (secondary N) is 1. The van der Waals surface area contributed by atoms with E-state index in [2.05, 4.69) is 26.7 Å². The Hall–Kier alpha value is -2.17. The van der Waals surface area contributed by atoms with Crippen molar-refractivity contribution in [2.75, 3.05) is 44.2 Å². The van der Waals surface area contributed by atoms with E-state index in [1.807, 2.05) is 13.8 Å². The van der Waals surface area contributed by atoms with E-state index in [1.54, 1.807) is 11.6 Å². The van der Waals surface area contributed by atoms with E-state index in [-0.39, 0.29) is 19.3 Å². The van der Waals surface area contributed by atoms with Crippen LogP contribution in [0.2, 0.25) is 0 Å². The van der Waals surface area contributed by atoms with Gasteiger partial charge in [0.2, 0.25) is 5.95 Å². The molecule has 1 aliphatic rings. The molecule has 0 unspecified atom stereocenters. The summed E-state index contributed by atoms with van der Waals surface area (Å²) < 4.78 is 8.55. The van der Waals surface area contributed by atoms with Crippen molar-refractivity contribution in [3.8, 4) is 0 Å². The van der Waals surface area contributed by atoms with Gasteiger partial charge in [-0.25, -0.2) is 4.79 Å². The fourth-order valence-corrected chi connectivity index (χ4v) is 3.47. The Balaban J connectivity index is 2.01. The molecule has 2 aromatic heterocycles. The van der Waals surface area contributed by atoms with Crippen molar-refractivity contribution < 1.29 is 9.84 Å². The minimum absolute atomic E-state index is 0.00000241. The third-order valence-corrected chi connectivity index (χ3v) is 5.10. The lowest BCUT2D eigenvalue weighted by Crippen LogP contribution is -2.47. The standard InChI is InChI=1S/C18H30N6O4/c1-5-22-6-8-23(9-7-22)17-19-15-14(16(26)20-18(27)21(15)4)24(17)10-13(25)11-28-12(2)3/h12-13,25H,5-11H2,1-4H3,(H,20,26,27)/t13-/m1/s1. The number of hydrogen-bond donors (Lipinski definition) is 2. The van der Waals surface area contributed by atoms with Gasteiger partial charge in [-0.1, -0.05) is 6.92 Å². The van der Waals surface area contributed by atoms with Gasteiger partial charge in [0.1, 0.15) is 0 Å². The minimum atomic E-state index is -0.799. The maximum absolute atomic E-state index is 12.5. The Kier molecular flexibility index (Phi) is 6.21. The maximum atomic E-state index is 12.5. The van der Waals surface area contributed by atoms with E-state index in [9.17, 15) is 14.7 Å². The summed E-state index contributed by atoms with van der Waals surface area (Å²) in [5, 5.41) is 10.5. The molecule has 2 aromatic rings. The molecule has 10 nitrogen and oxygen atoms in total. The lowest BCUT2D eigenvalue weighted by Gasteiger charge is -2.35. The first-order chi connectivity index (χ1) is 13.3. The number of anilines is 1. The highest BCUT2D eigenvalue weighted by Crippen LogP contribution is 2.21. The zero-order chi connectivity index (χ0) is 20.4. The van der Waals surface area contributed by atoms with Crippen molar-refractivity contribution in [3.05, 3.63) is 20.8 Å². The lowest BCUT2D eigenvalue weighted by molar-refractivity contribution is -0.000198. The van der Waals surface area contributed by atoms with Gasteiger partial charge in [0.25, 0.3) is 5.56 Å². The highest BCUT2D eigenvalue weighted by atomic mass is 16.5. The van der Waals surface area contributed by atoms with Crippen LogP contribution in [0, 0.1) is 0 Å². The molecule has 1 saturated heterocycles. The third-order valence-electron chi connectivity index (χ3n) is 5.10. The molecule has 3 heterocycles. The van der Waals surface area contributed by atoms with Gasteiger partial charge in [0, 0.05) is 33.2 Å². The van der Waals surface area contributed by atoms with Crippen molar-refractivity contribution in [2.45, 2.75) is 39.5 Å². The first kappa shape index (κ1) is 20.6. The third kappa shape index (κ3) is 4.13. The van der Waals surface area contributed by atoms with Gasteiger partial charge in [-0.3, -0.25) is 14.3 Å². The van der Waals surface area contributed by atoms with Crippen LogP contribution in [0.4, 0.5) is 5.95 Å². The number of piperazine rings is 1. The summed E-state index contributed by atoms with van der Waals surface area (Å²) >= 11 is 0. The van der Waals surface area contributed by atoms with Crippen molar-refractivity contribution in [1.82, 2.24) is 24.0 Å². The molecule has 2 N–H and O–H groups in total. The predicted octanol–water partition coefficient (Wildman–Crippen LogP) is -0.649. The van der Waals surface area contributed by atoms with E-state index in [4.69, 9.17) is 4.74 Å². The van der Waals surface area contributed by atoms with Crippen LogP contribution in [-0.4, -0.2) is 80.6 Å². The number of aryl methyl sites for hydroxylation is 1. The molecule has 28 heavy (non-hydrogen) atoms. The largest absolute Gasteiger partial charge is 0.389 e. The van der Waals surface area contributed by atoms with Crippen molar-refractivity contribution in [1.29, 1.82) is 0 Å². The number of hydrogen-bond acceptors (Lipinski definition) is 7. The number of H-pyrrole nitrogens is 1. The zero-order valence-electron chi connectivity index (χ0n) is 17.0. The van der Waals surface area contributed by atoms with E-state index in [1.165, 1.54) is 4.57 Å². The van der Waals surface area contributed by atoms with Gasteiger partial charge in [-0.2, -0.15) is 4.98 Å². The fourth-order valence-electron chi connectivity index (χ4n) is 3.47. The number of aliphatic hydroxyl groups excluding tert-OH is 1. The molecule has 0 aliphatic carbocycles. The topological polar surface area (TPSA) is 109 Å². The number of aromatic nitrogens is 4. The molecular weight excluding hydrogens is 364 g/mol. The minimum Gasteiger partial charge on any atom is -0.389 e. The highest BCUT2D eigenvalue weighted by Gasteiger charge is 2.25. The molecule has 3 rings (SSSR count). The smallest absolute Gasteiger partial charge is 0.329 e. The van der Waals surface area contributed by atoms with E-state index >= 15 is 0 Å². The van der Waals surface area contributed by atoms with Gasteiger partial charge in [0.15, 0.2) is 11.2 Å². The molecule has 10 heteroatoms. The SMILES string of the molecule is CCN1CCN(c2nc3c(c(=O)[nH]c(=O)n3C)n2C[C@@H](O)COC(C)C)CC1. The van der Waals surface area contributed by atoms with Gasteiger partial charge in [-0.05, 0) is 20.4 Å². The van der Waals surface area contributed by atoms with Crippen LogP contribution in [0.15, 0.2) is 9.59 Å². The number of aliphatic hydroxyl groups is 1. The van der Waals surface area contributed by atoms with E-state index < -0.39 is 17.4 Å². The average molecular weight is 394 g/mol. The monoisotopic (exact) mass is 394 g/mol. The lowest BCUT2D eigenvalue weighted by atomic mass is 10.3. The molecule has 1 aliphatic heterocycles. The van der Waals surface area contributed by atoms with Crippen LogP contribution >= 0.6 is 0 Å². The average Bonchev–Trinajstić information content (AvgIpc) is 3.04. The van der Waals surface area contributed by atoms with Gasteiger partial charge in [0.05, 0.1) is 25.4 Å². The summed E-state index contributed by atoms with van der Waals surface area (Å²) in [6, 6.07) is 0. The van der Waals surface area contributed by atoms with Crippen LogP contribution in [0.3, 0.4) is 0 Å². The molecule has 0 spiro atoms. The molecular formula is C18H30N6O4. The molecule has 1 fully saturated rings. The molecule has 0 radical (unpaired) electrons. The van der Waals surface area contributed by atoms with Crippen molar-refractivity contribution >= 4 is 17.1 Å². The van der Waals surface area contributed by atoms with Crippen molar-refractivity contribution in [2.24, 2.45) is 7.05 Å². The summed E-state index contributed by atoms with van der Waals surface area (Å²) in [7, 11) is 1.58. The van der Waals surface area contributed by atoms with Crippen LogP contribution in [0.25, 0.3) is 11.2 Å². The Morgan fingerprint density at radius 1 is 1.21 bits per heavy atom. The number of likely N-dealkylation sites (N-methyl/N-ethyl adjacent to an activating group) is 1. The number of aromatic amines is 1. The number of imidazole rings is 1.